The van der Waals surface area contributed by atoms with Gasteiger partial charge < -0.3 is 82.9 Å². The highest BCUT2D eigenvalue weighted by atomic mass is 16.7. The normalized spacial score (nSPS) is 47.0. The zero-order chi connectivity index (χ0) is 29.9. The number of carbonyl (C=O) groups is 1. The van der Waals surface area contributed by atoms with Crippen LogP contribution in [0, 0.1) is 5.92 Å². The average Bonchev–Trinajstić information content (AvgIpc) is 2.92. The SMILES string of the molecule is CC1C(OC2C(N)CC(NC(=O)C(O)CCN)C(OC3OC(CO)C(O)C(N)C3O)C2O)OC(CN)C(O)C1O. The van der Waals surface area contributed by atoms with E-state index in [0.717, 1.165) is 0 Å². The van der Waals surface area contributed by atoms with Gasteiger partial charge in [-0.2, -0.15) is 0 Å². The standard InChI is InChI=1S/C23H45N5O12/c1-7-14(31)16(33)11(5-25)37-22(7)39-19-8(26)4-9(28-21(36)10(30)2-3-24)20(18(19)35)40-23-17(34)13(27)15(32)12(6-29)38-23/h7-20,22-23,29-35H,2-6,24-27H2,1H3,(H,28,36). The Kier molecular flexibility index (Phi) is 12.0. The van der Waals surface area contributed by atoms with Crippen molar-refractivity contribution in [3.63, 3.8) is 0 Å². The first kappa shape index (κ1) is 33.4. The maximum Gasteiger partial charge on any atom is 0.249 e. The first-order valence-corrected chi connectivity index (χ1v) is 13.4. The Morgan fingerprint density at radius 3 is 2.15 bits per heavy atom. The molecular formula is C23H45N5O12. The molecule has 0 bridgehead atoms. The van der Waals surface area contributed by atoms with Gasteiger partial charge in [-0.1, -0.05) is 6.92 Å². The largest absolute Gasteiger partial charge is 0.394 e. The Labute approximate surface area is 231 Å². The summed E-state index contributed by atoms with van der Waals surface area (Å²) in [6.45, 7) is 0.829. The number of ether oxygens (including phenoxy) is 4. The van der Waals surface area contributed by atoms with Gasteiger partial charge in [0.1, 0.15) is 54.9 Å². The van der Waals surface area contributed by atoms with E-state index in [1.165, 1.54) is 0 Å². The Morgan fingerprint density at radius 1 is 0.925 bits per heavy atom. The van der Waals surface area contributed by atoms with Crippen LogP contribution in [0.15, 0.2) is 0 Å². The molecule has 1 amide bonds. The zero-order valence-corrected chi connectivity index (χ0v) is 22.3. The van der Waals surface area contributed by atoms with Crippen molar-refractivity contribution in [2.45, 2.75) is 112 Å². The molecule has 3 fully saturated rings. The van der Waals surface area contributed by atoms with Gasteiger partial charge in [0.25, 0.3) is 0 Å². The number of rotatable bonds is 10. The fraction of sp³-hybridized carbons (Fsp3) is 0.957. The molecule has 1 aliphatic carbocycles. The van der Waals surface area contributed by atoms with Crippen LogP contribution in [0.5, 0.6) is 0 Å². The maximum atomic E-state index is 12.6. The molecule has 16 N–H and O–H groups in total. The van der Waals surface area contributed by atoms with Crippen LogP contribution < -0.4 is 28.3 Å². The van der Waals surface area contributed by atoms with Crippen LogP contribution in [-0.4, -0.2) is 153 Å². The number of aliphatic hydroxyl groups is 7. The topological polar surface area (TPSA) is 312 Å². The van der Waals surface area contributed by atoms with Crippen molar-refractivity contribution in [2.75, 3.05) is 19.7 Å². The van der Waals surface area contributed by atoms with Gasteiger partial charge >= 0.3 is 0 Å². The van der Waals surface area contributed by atoms with E-state index in [9.17, 15) is 40.5 Å². The number of nitrogens with two attached hydrogens (primary N) is 4. The molecule has 40 heavy (non-hydrogen) atoms. The van der Waals surface area contributed by atoms with Crippen molar-refractivity contribution in [3.8, 4) is 0 Å². The molecule has 234 valence electrons. The molecule has 3 rings (SSSR count). The van der Waals surface area contributed by atoms with Crippen molar-refractivity contribution < 1.29 is 59.5 Å². The smallest absolute Gasteiger partial charge is 0.249 e. The number of hydrogen-bond acceptors (Lipinski definition) is 16. The lowest BCUT2D eigenvalue weighted by Gasteiger charge is -2.49. The molecule has 16 unspecified atom stereocenters. The minimum Gasteiger partial charge on any atom is -0.394 e. The summed E-state index contributed by atoms with van der Waals surface area (Å²) in [7, 11) is 0. The van der Waals surface area contributed by atoms with E-state index in [0.29, 0.717) is 0 Å². The van der Waals surface area contributed by atoms with Crippen molar-refractivity contribution in [2.24, 2.45) is 28.9 Å². The van der Waals surface area contributed by atoms with Crippen LogP contribution in [0.3, 0.4) is 0 Å². The molecule has 17 heteroatoms. The van der Waals surface area contributed by atoms with E-state index >= 15 is 0 Å². The van der Waals surface area contributed by atoms with E-state index in [-0.39, 0.29) is 25.9 Å². The average molecular weight is 584 g/mol. The fourth-order valence-electron chi connectivity index (χ4n) is 5.26. The number of aliphatic hydroxyl groups excluding tert-OH is 7. The van der Waals surface area contributed by atoms with Gasteiger partial charge in [-0.15, -0.1) is 0 Å². The number of nitrogens with one attached hydrogen (secondary N) is 1. The number of carbonyl (C=O) groups excluding carboxylic acids is 1. The fourth-order valence-corrected chi connectivity index (χ4v) is 5.26. The lowest BCUT2D eigenvalue weighted by Crippen LogP contribution is -2.69. The predicted molar refractivity (Wildman–Crippen MR) is 135 cm³/mol. The van der Waals surface area contributed by atoms with E-state index in [2.05, 4.69) is 5.32 Å². The molecule has 16 atom stereocenters. The van der Waals surface area contributed by atoms with Crippen molar-refractivity contribution in [1.82, 2.24) is 5.32 Å². The third-order valence-electron chi connectivity index (χ3n) is 7.85. The summed E-state index contributed by atoms with van der Waals surface area (Å²) in [5.41, 5.74) is 23.3. The van der Waals surface area contributed by atoms with Crippen LogP contribution in [-0.2, 0) is 23.7 Å². The quantitative estimate of drug-likeness (QED) is 0.114. The summed E-state index contributed by atoms with van der Waals surface area (Å²) in [6, 6.07) is -3.25. The molecule has 3 aliphatic rings. The zero-order valence-electron chi connectivity index (χ0n) is 22.3. The van der Waals surface area contributed by atoms with Crippen LogP contribution in [0.4, 0.5) is 0 Å². The second kappa shape index (κ2) is 14.4. The molecule has 0 aromatic rings. The highest BCUT2D eigenvalue weighted by Gasteiger charge is 2.52. The number of amides is 1. The van der Waals surface area contributed by atoms with Gasteiger partial charge in [-0.3, -0.25) is 4.79 Å². The van der Waals surface area contributed by atoms with Crippen LogP contribution in [0.2, 0.25) is 0 Å². The highest BCUT2D eigenvalue weighted by molar-refractivity contribution is 5.80. The molecule has 0 spiro atoms. The molecule has 17 nitrogen and oxygen atoms in total. The Morgan fingerprint density at radius 2 is 1.55 bits per heavy atom. The summed E-state index contributed by atoms with van der Waals surface area (Å²) < 4.78 is 23.1. The van der Waals surface area contributed by atoms with E-state index in [4.69, 9.17) is 41.9 Å². The van der Waals surface area contributed by atoms with Gasteiger partial charge in [-0.25, -0.2) is 0 Å². The minimum absolute atomic E-state index is 0.0337. The summed E-state index contributed by atoms with van der Waals surface area (Å²) >= 11 is 0. The molecule has 2 aliphatic heterocycles. The molecule has 0 aromatic heterocycles. The molecule has 0 radical (unpaired) electrons. The number of hydrogen-bond donors (Lipinski definition) is 12. The molecule has 1 saturated carbocycles. The Hall–Kier alpha value is -1.13. The highest BCUT2D eigenvalue weighted by Crippen LogP contribution is 2.33. The molecular weight excluding hydrogens is 538 g/mol. The van der Waals surface area contributed by atoms with E-state index in [1.54, 1.807) is 6.92 Å². The maximum absolute atomic E-state index is 12.6. The monoisotopic (exact) mass is 583 g/mol. The van der Waals surface area contributed by atoms with Gasteiger partial charge in [0, 0.05) is 18.5 Å². The second-order valence-electron chi connectivity index (χ2n) is 10.7. The molecule has 2 heterocycles. The minimum atomic E-state index is -1.61. The summed E-state index contributed by atoms with van der Waals surface area (Å²) in [4.78, 5) is 12.6. The van der Waals surface area contributed by atoms with Crippen LogP contribution >= 0.6 is 0 Å². The van der Waals surface area contributed by atoms with Crippen molar-refractivity contribution in [1.29, 1.82) is 0 Å². The van der Waals surface area contributed by atoms with Gasteiger partial charge in [-0.05, 0) is 19.4 Å². The van der Waals surface area contributed by atoms with Gasteiger partial charge in [0.15, 0.2) is 12.6 Å². The lowest BCUT2D eigenvalue weighted by molar-refractivity contribution is -0.325. The summed E-state index contributed by atoms with van der Waals surface area (Å²) in [5, 5.41) is 75.1. The third-order valence-corrected chi connectivity index (χ3v) is 7.85. The van der Waals surface area contributed by atoms with Gasteiger partial charge in [0.05, 0.1) is 24.8 Å². The first-order chi connectivity index (χ1) is 18.9. The van der Waals surface area contributed by atoms with E-state index in [1.807, 2.05) is 0 Å². The Balaban J connectivity index is 1.85. The van der Waals surface area contributed by atoms with E-state index < -0.39 is 110 Å². The first-order valence-electron chi connectivity index (χ1n) is 13.4. The van der Waals surface area contributed by atoms with Crippen LogP contribution in [0.25, 0.3) is 0 Å². The lowest BCUT2D eigenvalue weighted by atomic mass is 9.83. The van der Waals surface area contributed by atoms with Crippen molar-refractivity contribution >= 4 is 5.91 Å². The van der Waals surface area contributed by atoms with Crippen LogP contribution in [0.1, 0.15) is 19.8 Å². The Bertz CT molecular complexity index is 814. The summed E-state index contributed by atoms with van der Waals surface area (Å²) in [5.74, 6) is -1.56. The second-order valence-corrected chi connectivity index (χ2v) is 10.7. The predicted octanol–water partition coefficient (Wildman–Crippen LogP) is -7.15. The van der Waals surface area contributed by atoms with Gasteiger partial charge in [0.2, 0.25) is 5.91 Å². The molecule has 2 saturated heterocycles. The van der Waals surface area contributed by atoms with Crippen molar-refractivity contribution in [3.05, 3.63) is 0 Å². The summed E-state index contributed by atoms with van der Waals surface area (Å²) in [6.07, 6.45) is -16.1. The molecule has 0 aromatic carbocycles. The third kappa shape index (κ3) is 7.08.